The van der Waals surface area contributed by atoms with Gasteiger partial charge in [0.05, 0.1) is 16.8 Å². The minimum Gasteiger partial charge on any atom is -0.377 e. The van der Waals surface area contributed by atoms with Gasteiger partial charge in [-0.15, -0.1) is 0 Å². The molecule has 0 aliphatic heterocycles. The van der Waals surface area contributed by atoms with E-state index in [1.807, 2.05) is 24.3 Å². The second kappa shape index (κ2) is 9.15. The number of pyridine rings is 1. The third-order valence-electron chi connectivity index (χ3n) is 5.24. The molecule has 0 bridgehead atoms. The zero-order valence-electron chi connectivity index (χ0n) is 18.4. The molecule has 0 spiro atoms. The Morgan fingerprint density at radius 2 is 1.76 bits per heavy atom. The first-order chi connectivity index (χ1) is 15.8. The van der Waals surface area contributed by atoms with Gasteiger partial charge in [0.2, 0.25) is 0 Å². The van der Waals surface area contributed by atoms with E-state index in [0.29, 0.717) is 34.0 Å². The van der Waals surface area contributed by atoms with Crippen LogP contribution in [0.1, 0.15) is 36.7 Å². The summed E-state index contributed by atoms with van der Waals surface area (Å²) in [6, 6.07) is 15.2. The predicted molar refractivity (Wildman–Crippen MR) is 122 cm³/mol. The van der Waals surface area contributed by atoms with Gasteiger partial charge < -0.3 is 10.1 Å². The first kappa shape index (κ1) is 22.7. The zero-order chi connectivity index (χ0) is 23.6. The topological polar surface area (TPSA) is 59.9 Å². The lowest BCUT2D eigenvalue weighted by molar-refractivity contribution is -0.137. The van der Waals surface area contributed by atoms with Gasteiger partial charge in [0.25, 0.3) is 0 Å². The monoisotopic (exact) mass is 452 g/mol. The van der Waals surface area contributed by atoms with E-state index in [1.165, 1.54) is 24.9 Å². The number of hydrogen-bond donors (Lipinski definition) is 1. The molecule has 33 heavy (non-hydrogen) atoms. The molecule has 170 valence electrons. The SMILES string of the molecule is COCc1nc(Nc2ccc(C(C)C)cc2)c2ccc(-c3ncccc3C(F)(F)F)cc2n1. The van der Waals surface area contributed by atoms with Crippen LogP contribution in [-0.4, -0.2) is 22.1 Å². The quantitative estimate of drug-likeness (QED) is 0.352. The third kappa shape index (κ3) is 4.96. The molecule has 0 saturated carbocycles. The highest BCUT2D eigenvalue weighted by molar-refractivity contribution is 5.93. The van der Waals surface area contributed by atoms with E-state index in [0.717, 1.165) is 11.8 Å². The van der Waals surface area contributed by atoms with Crippen molar-refractivity contribution in [1.29, 1.82) is 0 Å². The van der Waals surface area contributed by atoms with Crippen molar-refractivity contribution in [1.82, 2.24) is 15.0 Å². The minimum atomic E-state index is -4.51. The van der Waals surface area contributed by atoms with E-state index in [9.17, 15) is 13.2 Å². The second-order valence-corrected chi connectivity index (χ2v) is 7.95. The molecule has 4 rings (SSSR count). The van der Waals surface area contributed by atoms with Crippen molar-refractivity contribution >= 4 is 22.4 Å². The van der Waals surface area contributed by atoms with E-state index in [-0.39, 0.29) is 12.3 Å². The summed E-state index contributed by atoms with van der Waals surface area (Å²) in [5.74, 6) is 1.38. The number of nitrogens with zero attached hydrogens (tertiary/aromatic N) is 3. The van der Waals surface area contributed by atoms with Crippen molar-refractivity contribution in [3.05, 3.63) is 77.7 Å². The molecule has 2 heterocycles. The van der Waals surface area contributed by atoms with Crippen LogP contribution in [0.5, 0.6) is 0 Å². The number of nitrogens with one attached hydrogen (secondary N) is 1. The number of alkyl halides is 3. The Bertz CT molecular complexity index is 1270. The molecule has 0 atom stereocenters. The van der Waals surface area contributed by atoms with Gasteiger partial charge in [-0.2, -0.15) is 13.2 Å². The molecule has 5 nitrogen and oxygen atoms in total. The van der Waals surface area contributed by atoms with Crippen molar-refractivity contribution in [2.45, 2.75) is 32.5 Å². The maximum Gasteiger partial charge on any atom is 0.418 e. The summed E-state index contributed by atoms with van der Waals surface area (Å²) < 4.78 is 45.7. The number of fused-ring (bicyclic) bond motifs is 1. The number of hydrogen-bond acceptors (Lipinski definition) is 5. The van der Waals surface area contributed by atoms with Crippen LogP contribution >= 0.6 is 0 Å². The van der Waals surface area contributed by atoms with Gasteiger partial charge in [0.1, 0.15) is 12.4 Å². The molecule has 0 unspecified atom stereocenters. The number of aromatic nitrogens is 3. The molecule has 0 amide bonds. The number of halogens is 3. The average molecular weight is 452 g/mol. The fourth-order valence-electron chi connectivity index (χ4n) is 3.57. The number of benzene rings is 2. The van der Waals surface area contributed by atoms with E-state index >= 15 is 0 Å². The van der Waals surface area contributed by atoms with Crippen LogP contribution in [0.2, 0.25) is 0 Å². The Morgan fingerprint density at radius 1 is 1.00 bits per heavy atom. The second-order valence-electron chi connectivity index (χ2n) is 7.95. The van der Waals surface area contributed by atoms with Crippen molar-refractivity contribution in [2.75, 3.05) is 12.4 Å². The summed E-state index contributed by atoms with van der Waals surface area (Å²) in [5, 5.41) is 3.98. The summed E-state index contributed by atoms with van der Waals surface area (Å²) in [7, 11) is 1.53. The van der Waals surface area contributed by atoms with Crippen LogP contribution in [0.15, 0.2) is 60.8 Å². The zero-order valence-corrected chi connectivity index (χ0v) is 18.4. The number of methoxy groups -OCH3 is 1. The number of anilines is 2. The largest absolute Gasteiger partial charge is 0.418 e. The van der Waals surface area contributed by atoms with E-state index in [1.54, 1.807) is 18.2 Å². The summed E-state index contributed by atoms with van der Waals surface area (Å²) in [6.07, 6.45) is -3.17. The standard InChI is InChI=1S/C25H23F3N4O/c1-15(2)16-6-9-18(10-7-16)30-24-19-11-8-17(13-21(19)31-22(32-24)14-33-3)23-20(25(26,27)28)5-4-12-29-23/h4-13,15H,14H2,1-3H3,(H,30,31,32). The molecular formula is C25H23F3N4O. The van der Waals surface area contributed by atoms with E-state index < -0.39 is 11.7 Å². The van der Waals surface area contributed by atoms with Crippen LogP contribution in [0.3, 0.4) is 0 Å². The number of rotatable bonds is 6. The molecule has 4 aromatic rings. The predicted octanol–water partition coefficient (Wildman–Crippen LogP) is 6.72. The Hall–Kier alpha value is -3.52. The van der Waals surface area contributed by atoms with Crippen LogP contribution in [-0.2, 0) is 17.5 Å². The summed E-state index contributed by atoms with van der Waals surface area (Å²) in [4.78, 5) is 13.0. The fourth-order valence-corrected chi connectivity index (χ4v) is 3.57. The molecule has 0 aliphatic carbocycles. The molecule has 0 saturated heterocycles. The van der Waals surface area contributed by atoms with Gasteiger partial charge in [0.15, 0.2) is 5.82 Å². The lowest BCUT2D eigenvalue weighted by Crippen LogP contribution is -2.08. The van der Waals surface area contributed by atoms with Gasteiger partial charge in [-0.3, -0.25) is 4.98 Å². The fraction of sp³-hybridized carbons (Fsp3) is 0.240. The van der Waals surface area contributed by atoms with Crippen molar-refractivity contribution in [2.24, 2.45) is 0 Å². The Morgan fingerprint density at radius 3 is 2.42 bits per heavy atom. The lowest BCUT2D eigenvalue weighted by Gasteiger charge is -2.14. The molecule has 2 aromatic carbocycles. The molecule has 0 radical (unpaired) electrons. The van der Waals surface area contributed by atoms with Crippen LogP contribution < -0.4 is 5.32 Å². The average Bonchev–Trinajstić information content (AvgIpc) is 2.79. The highest BCUT2D eigenvalue weighted by Crippen LogP contribution is 2.37. The van der Waals surface area contributed by atoms with Gasteiger partial charge in [-0.1, -0.05) is 32.0 Å². The highest BCUT2D eigenvalue weighted by Gasteiger charge is 2.34. The van der Waals surface area contributed by atoms with Crippen LogP contribution in [0, 0.1) is 0 Å². The first-order valence-corrected chi connectivity index (χ1v) is 10.5. The molecule has 0 aliphatic rings. The van der Waals surface area contributed by atoms with Gasteiger partial charge >= 0.3 is 6.18 Å². The van der Waals surface area contributed by atoms with Gasteiger partial charge in [-0.05, 0) is 47.9 Å². The van der Waals surface area contributed by atoms with Gasteiger partial charge in [-0.25, -0.2) is 9.97 Å². The first-order valence-electron chi connectivity index (χ1n) is 10.5. The Kier molecular flexibility index (Phi) is 6.29. The molecule has 0 fully saturated rings. The normalized spacial score (nSPS) is 11.8. The minimum absolute atomic E-state index is 0.141. The van der Waals surface area contributed by atoms with Crippen molar-refractivity contribution in [3.63, 3.8) is 0 Å². The number of ether oxygens (including phenoxy) is 1. The summed E-state index contributed by atoms with van der Waals surface area (Å²) in [5.41, 5.74) is 1.95. The molecular weight excluding hydrogens is 429 g/mol. The Balaban J connectivity index is 1.79. The van der Waals surface area contributed by atoms with E-state index in [2.05, 4.69) is 34.1 Å². The maximum atomic E-state index is 13.5. The molecule has 8 heteroatoms. The van der Waals surface area contributed by atoms with Crippen molar-refractivity contribution < 1.29 is 17.9 Å². The van der Waals surface area contributed by atoms with E-state index in [4.69, 9.17) is 4.74 Å². The summed E-state index contributed by atoms with van der Waals surface area (Å²) >= 11 is 0. The van der Waals surface area contributed by atoms with Crippen molar-refractivity contribution in [3.8, 4) is 11.3 Å². The lowest BCUT2D eigenvalue weighted by atomic mass is 10.0. The smallest absolute Gasteiger partial charge is 0.377 e. The van der Waals surface area contributed by atoms with Crippen LogP contribution in [0.25, 0.3) is 22.2 Å². The van der Waals surface area contributed by atoms with Gasteiger partial charge in [0, 0.05) is 29.9 Å². The maximum absolute atomic E-state index is 13.5. The Labute approximate surface area is 189 Å². The highest BCUT2D eigenvalue weighted by atomic mass is 19.4. The van der Waals surface area contributed by atoms with Crippen LogP contribution in [0.4, 0.5) is 24.7 Å². The molecule has 2 aromatic heterocycles. The summed E-state index contributed by atoms with van der Waals surface area (Å²) in [6.45, 7) is 4.42. The third-order valence-corrected chi connectivity index (χ3v) is 5.24. The molecule has 1 N–H and O–H groups in total.